The number of nitrogens with zero attached hydrogens (tertiary/aromatic N) is 5. The lowest BCUT2D eigenvalue weighted by Gasteiger charge is -2.30. The second kappa shape index (κ2) is 7.04. The number of hydrogen-bond acceptors (Lipinski definition) is 6. The highest BCUT2D eigenvalue weighted by molar-refractivity contribution is 14.1. The minimum absolute atomic E-state index is 0.108. The quantitative estimate of drug-likeness (QED) is 0.221. The van der Waals surface area contributed by atoms with Crippen molar-refractivity contribution < 1.29 is 14.7 Å². The number of likely N-dealkylation sites (N-methyl/N-ethyl adjacent to an activating group) is 3. The lowest BCUT2D eigenvalue weighted by atomic mass is 10.1. The van der Waals surface area contributed by atoms with Gasteiger partial charge in [0.25, 0.3) is 5.91 Å². The molecule has 11 heteroatoms. The normalized spacial score (nSPS) is 19.9. The van der Waals surface area contributed by atoms with Gasteiger partial charge in [-0.15, -0.1) is 5.10 Å². The summed E-state index contributed by atoms with van der Waals surface area (Å²) < 4.78 is 5.85. The lowest BCUT2D eigenvalue weighted by Crippen LogP contribution is -2.63. The van der Waals surface area contributed by atoms with Gasteiger partial charge in [0.15, 0.2) is 0 Å². The van der Waals surface area contributed by atoms with E-state index in [0.29, 0.717) is 20.9 Å². The van der Waals surface area contributed by atoms with Crippen LogP contribution in [0.2, 0.25) is 0 Å². The number of nitrogens with one attached hydrogen (secondary N) is 1. The third-order valence-corrected chi connectivity index (χ3v) is 5.50. The summed E-state index contributed by atoms with van der Waals surface area (Å²) in [7, 11) is 4.68. The van der Waals surface area contributed by atoms with E-state index < -0.39 is 12.1 Å². The van der Waals surface area contributed by atoms with Gasteiger partial charge in [-0.3, -0.25) is 9.69 Å². The number of amides is 3. The number of rotatable bonds is 2. The highest BCUT2D eigenvalue weighted by Gasteiger charge is 2.53. The molecule has 1 atom stereocenters. The molecule has 2 aliphatic rings. The second-order valence-corrected chi connectivity index (χ2v) is 8.13. The van der Waals surface area contributed by atoms with Gasteiger partial charge in [-0.25, -0.2) is 19.3 Å². The SMILES string of the molecule is CN1C(=O)C2C(=[N+]=C(N/N=C/c3cc(I)cc(I)c3[O-])N2C)N(C)C1=O. The summed E-state index contributed by atoms with van der Waals surface area (Å²) in [5.41, 5.74) is 3.19. The van der Waals surface area contributed by atoms with Crippen molar-refractivity contribution in [1.82, 2.24) is 24.8 Å². The maximum absolute atomic E-state index is 12.4. The van der Waals surface area contributed by atoms with E-state index in [-0.39, 0.29) is 11.7 Å². The van der Waals surface area contributed by atoms with Crippen molar-refractivity contribution in [2.75, 3.05) is 21.1 Å². The summed E-state index contributed by atoms with van der Waals surface area (Å²) in [5, 5.41) is 16.2. The number of amidine groups is 1. The number of hydrogen-bond donors (Lipinski definition) is 1. The fourth-order valence-electron chi connectivity index (χ4n) is 2.62. The predicted molar refractivity (Wildman–Crippen MR) is 112 cm³/mol. The Labute approximate surface area is 176 Å². The number of imide groups is 1. The van der Waals surface area contributed by atoms with Crippen LogP contribution in [0, 0.1) is 7.14 Å². The number of fused-ring (bicyclic) bond motifs is 1. The summed E-state index contributed by atoms with van der Waals surface area (Å²) in [6.45, 7) is 0. The Morgan fingerprint density at radius 3 is 2.62 bits per heavy atom. The van der Waals surface area contributed by atoms with Crippen LogP contribution in [0.3, 0.4) is 0 Å². The van der Waals surface area contributed by atoms with Crippen LogP contribution in [-0.2, 0) is 4.79 Å². The molecule has 2 heterocycles. The molecule has 1 aromatic rings. The molecular weight excluding hydrogens is 566 g/mol. The monoisotopic (exact) mass is 580 g/mol. The fraction of sp³-hybridized carbons (Fsp3) is 0.267. The van der Waals surface area contributed by atoms with E-state index in [4.69, 9.17) is 0 Å². The van der Waals surface area contributed by atoms with Crippen molar-refractivity contribution in [3.05, 3.63) is 24.8 Å². The lowest BCUT2D eigenvalue weighted by molar-refractivity contribution is -0.269. The van der Waals surface area contributed by atoms with Gasteiger partial charge in [-0.05, 0) is 62.9 Å². The zero-order valence-electron chi connectivity index (χ0n) is 14.0. The van der Waals surface area contributed by atoms with E-state index in [1.807, 2.05) is 22.6 Å². The summed E-state index contributed by atoms with van der Waals surface area (Å²) in [4.78, 5) is 28.4. The van der Waals surface area contributed by atoms with Gasteiger partial charge < -0.3 is 5.11 Å². The van der Waals surface area contributed by atoms with Crippen molar-refractivity contribution in [3.63, 3.8) is 0 Å². The predicted octanol–water partition coefficient (Wildman–Crippen LogP) is -0.448. The minimum Gasteiger partial charge on any atom is -0.871 e. The average molecular weight is 580 g/mol. The van der Waals surface area contributed by atoms with E-state index in [9.17, 15) is 14.7 Å². The van der Waals surface area contributed by atoms with Crippen LogP contribution in [0.4, 0.5) is 4.79 Å². The molecule has 0 spiro atoms. The van der Waals surface area contributed by atoms with E-state index in [2.05, 4.69) is 37.8 Å². The van der Waals surface area contributed by atoms with Gasteiger partial charge in [-0.2, -0.15) is 5.43 Å². The molecule has 1 aromatic carbocycles. The smallest absolute Gasteiger partial charge is 0.421 e. The maximum Gasteiger partial charge on any atom is 0.421 e. The Kier molecular flexibility index (Phi) is 5.12. The summed E-state index contributed by atoms with van der Waals surface area (Å²) >= 11 is 4.12. The number of urea groups is 1. The van der Waals surface area contributed by atoms with Gasteiger partial charge in [0.1, 0.15) is 0 Å². The first-order valence-corrected chi connectivity index (χ1v) is 9.57. The third kappa shape index (κ3) is 3.14. The molecule has 1 fully saturated rings. The molecule has 0 bridgehead atoms. The van der Waals surface area contributed by atoms with Crippen molar-refractivity contribution in [1.29, 1.82) is 0 Å². The van der Waals surface area contributed by atoms with Crippen molar-refractivity contribution in [2.45, 2.75) is 6.04 Å². The number of carbonyl (C=O) groups excluding carboxylic acids is 2. The molecule has 26 heavy (non-hydrogen) atoms. The Balaban J connectivity index is 1.84. The highest BCUT2D eigenvalue weighted by atomic mass is 127. The first kappa shape index (κ1) is 18.9. The largest absolute Gasteiger partial charge is 0.871 e. The molecule has 1 saturated heterocycles. The molecule has 1 unspecified atom stereocenters. The molecule has 1 N–H and O–H groups in total. The molecule has 3 rings (SSSR count). The maximum atomic E-state index is 12.4. The Morgan fingerprint density at radius 1 is 1.23 bits per heavy atom. The summed E-state index contributed by atoms with van der Waals surface area (Å²) in [5.74, 6) is 0.191. The Hall–Kier alpha value is -1.86. The topological polar surface area (TPSA) is 105 Å². The third-order valence-electron chi connectivity index (χ3n) is 4.07. The van der Waals surface area contributed by atoms with Crippen LogP contribution >= 0.6 is 45.2 Å². The molecule has 0 radical (unpaired) electrons. The average Bonchev–Trinajstić information content (AvgIpc) is 2.92. The van der Waals surface area contributed by atoms with E-state index in [1.165, 1.54) is 18.2 Å². The summed E-state index contributed by atoms with van der Waals surface area (Å²) in [6.07, 6.45) is 1.42. The van der Waals surface area contributed by atoms with Crippen LogP contribution in [0.1, 0.15) is 5.56 Å². The summed E-state index contributed by atoms with van der Waals surface area (Å²) in [6, 6.07) is 2.40. The number of halogens is 2. The number of guanidine groups is 1. The molecule has 0 aromatic heterocycles. The zero-order valence-corrected chi connectivity index (χ0v) is 18.3. The molecule has 0 saturated carbocycles. The Morgan fingerprint density at radius 2 is 1.92 bits per heavy atom. The highest BCUT2D eigenvalue weighted by Crippen LogP contribution is 2.23. The second-order valence-electron chi connectivity index (χ2n) is 5.72. The van der Waals surface area contributed by atoms with Gasteiger partial charge in [-0.1, -0.05) is 5.75 Å². The van der Waals surface area contributed by atoms with Crippen molar-refractivity contribution in [3.8, 4) is 5.75 Å². The first-order chi connectivity index (χ1) is 12.2. The van der Waals surface area contributed by atoms with Crippen LogP contribution in [0.5, 0.6) is 5.75 Å². The van der Waals surface area contributed by atoms with Gasteiger partial charge in [0.2, 0.25) is 6.04 Å². The van der Waals surface area contributed by atoms with E-state index in [0.717, 1.165) is 8.47 Å². The molecule has 0 aliphatic carbocycles. The number of benzene rings is 1. The van der Waals surface area contributed by atoms with Crippen LogP contribution in [0.15, 0.2) is 17.2 Å². The zero-order chi connectivity index (χ0) is 19.2. The molecule has 2 aliphatic heterocycles. The van der Waals surface area contributed by atoms with Crippen LogP contribution in [-0.4, -0.2) is 71.8 Å². The van der Waals surface area contributed by atoms with Crippen molar-refractivity contribution >= 4 is 75.1 Å². The first-order valence-electron chi connectivity index (χ1n) is 7.41. The molecular formula is C15H14I2N6O3. The standard InChI is InChI=1S/C15H14I2N6O3/c1-21-10-12(22(2)15(26)23(3)13(10)25)19-14(21)20-18-6-7-4-8(16)5-9(17)11(7)24/h4-6,10H,1-3H3,(H,18,24). The number of hydrazone groups is 1. The fourth-order valence-corrected chi connectivity index (χ4v) is 4.51. The van der Waals surface area contributed by atoms with Crippen molar-refractivity contribution in [2.24, 2.45) is 5.10 Å². The van der Waals surface area contributed by atoms with Gasteiger partial charge >= 0.3 is 17.8 Å². The molecule has 9 nitrogen and oxygen atoms in total. The van der Waals surface area contributed by atoms with Gasteiger partial charge in [0, 0.05) is 21.2 Å². The number of carbonyl (C=O) groups is 2. The van der Waals surface area contributed by atoms with Gasteiger partial charge in [0.05, 0.1) is 13.3 Å². The van der Waals surface area contributed by atoms with Crippen LogP contribution < -0.4 is 15.2 Å². The molecule has 3 amide bonds. The van der Waals surface area contributed by atoms with Crippen LogP contribution in [0.25, 0.3) is 0 Å². The molecule has 136 valence electrons. The Bertz CT molecular complexity index is 909. The minimum atomic E-state index is -0.686. The van der Waals surface area contributed by atoms with E-state index >= 15 is 0 Å². The van der Waals surface area contributed by atoms with E-state index in [1.54, 1.807) is 31.1 Å².